The second-order valence-corrected chi connectivity index (χ2v) is 8.26. The lowest BCUT2D eigenvalue weighted by Gasteiger charge is -2.41. The van der Waals surface area contributed by atoms with E-state index in [1.165, 1.54) is 12.8 Å². The van der Waals surface area contributed by atoms with E-state index in [1.54, 1.807) is 0 Å². The topological polar surface area (TPSA) is 60.4 Å². The second kappa shape index (κ2) is 9.04. The fourth-order valence-corrected chi connectivity index (χ4v) is 3.91. The molecule has 0 radical (unpaired) electrons. The molecule has 0 unspecified atom stereocenters. The first-order valence-electron chi connectivity index (χ1n) is 10.1. The van der Waals surface area contributed by atoms with Crippen molar-refractivity contribution < 1.29 is 9.53 Å². The molecule has 3 aliphatic heterocycles. The van der Waals surface area contributed by atoms with Gasteiger partial charge < -0.3 is 19.9 Å². The summed E-state index contributed by atoms with van der Waals surface area (Å²) in [5.41, 5.74) is 0.233. The predicted molar refractivity (Wildman–Crippen MR) is 103 cm³/mol. The van der Waals surface area contributed by atoms with Crippen LogP contribution in [-0.4, -0.2) is 99.2 Å². The van der Waals surface area contributed by atoms with Gasteiger partial charge in [0.25, 0.3) is 0 Å². The summed E-state index contributed by atoms with van der Waals surface area (Å²) in [7, 11) is 1.84. The third-order valence-corrected chi connectivity index (χ3v) is 5.78. The highest BCUT2D eigenvalue weighted by molar-refractivity contribution is 5.80. The lowest BCUT2D eigenvalue weighted by Crippen LogP contribution is -2.56. The molecule has 0 aromatic rings. The van der Waals surface area contributed by atoms with Crippen LogP contribution in [0.3, 0.4) is 0 Å². The Morgan fingerprint density at radius 2 is 1.65 bits per heavy atom. The van der Waals surface area contributed by atoms with E-state index in [0.717, 1.165) is 77.8 Å². The average molecular weight is 366 g/mol. The number of rotatable bonds is 4. The van der Waals surface area contributed by atoms with E-state index in [4.69, 9.17) is 4.74 Å². The van der Waals surface area contributed by atoms with Crippen molar-refractivity contribution in [3.05, 3.63) is 0 Å². The molecule has 0 aliphatic carbocycles. The number of nitrogens with zero attached hydrogens (tertiary/aromatic N) is 4. The van der Waals surface area contributed by atoms with Crippen LogP contribution in [0.15, 0.2) is 4.99 Å². The van der Waals surface area contributed by atoms with Gasteiger partial charge in [-0.15, -0.1) is 0 Å². The van der Waals surface area contributed by atoms with Crippen molar-refractivity contribution in [1.82, 2.24) is 20.0 Å². The molecule has 148 valence electrons. The third-order valence-electron chi connectivity index (χ3n) is 5.78. The van der Waals surface area contributed by atoms with Gasteiger partial charge in [-0.05, 0) is 12.8 Å². The number of carbonyl (C=O) groups excluding carboxylic acids is 1. The van der Waals surface area contributed by atoms with Gasteiger partial charge in [0, 0.05) is 58.3 Å². The zero-order valence-electron chi connectivity index (χ0n) is 16.5. The van der Waals surface area contributed by atoms with Crippen LogP contribution >= 0.6 is 0 Å². The minimum atomic E-state index is 0.233. The molecule has 3 saturated heterocycles. The molecule has 0 atom stereocenters. The van der Waals surface area contributed by atoms with Crippen molar-refractivity contribution in [2.24, 2.45) is 10.4 Å². The van der Waals surface area contributed by atoms with E-state index in [-0.39, 0.29) is 5.41 Å². The molecular formula is C19H35N5O2. The Hall–Kier alpha value is -1.34. The zero-order valence-corrected chi connectivity index (χ0v) is 16.5. The number of aliphatic imine (C=N–C) groups is 1. The summed E-state index contributed by atoms with van der Waals surface area (Å²) in [6.07, 6.45) is 4.84. The monoisotopic (exact) mass is 365 g/mol. The van der Waals surface area contributed by atoms with Crippen LogP contribution in [0.5, 0.6) is 0 Å². The first kappa shape index (κ1) is 19.4. The highest BCUT2D eigenvalue weighted by atomic mass is 16.5. The van der Waals surface area contributed by atoms with Crippen LogP contribution in [0.25, 0.3) is 0 Å². The largest absolute Gasteiger partial charge is 0.380 e. The minimum absolute atomic E-state index is 0.233. The van der Waals surface area contributed by atoms with Gasteiger partial charge in [0.15, 0.2) is 5.96 Å². The lowest BCUT2D eigenvalue weighted by molar-refractivity contribution is -0.132. The summed E-state index contributed by atoms with van der Waals surface area (Å²) >= 11 is 0. The number of ether oxygens (including phenoxy) is 1. The van der Waals surface area contributed by atoms with E-state index in [0.29, 0.717) is 12.5 Å². The Bertz CT molecular complexity index is 490. The van der Waals surface area contributed by atoms with Gasteiger partial charge in [-0.3, -0.25) is 14.7 Å². The molecule has 0 bridgehead atoms. The van der Waals surface area contributed by atoms with Gasteiger partial charge in [-0.1, -0.05) is 19.8 Å². The molecule has 0 aromatic carbocycles. The Kier molecular flexibility index (Phi) is 6.75. The molecule has 0 aromatic heterocycles. The number of likely N-dealkylation sites (tertiary alicyclic amines) is 1. The number of carbonyl (C=O) groups is 1. The molecule has 1 amide bonds. The van der Waals surface area contributed by atoms with E-state index >= 15 is 0 Å². The maximum atomic E-state index is 12.6. The second-order valence-electron chi connectivity index (χ2n) is 8.26. The number of piperazine rings is 1. The first-order chi connectivity index (χ1) is 12.6. The van der Waals surface area contributed by atoms with E-state index in [1.807, 2.05) is 7.05 Å². The molecule has 3 rings (SSSR count). The molecule has 26 heavy (non-hydrogen) atoms. The molecule has 7 heteroatoms. The number of hydrogen-bond donors (Lipinski definition) is 1. The molecule has 0 saturated carbocycles. The smallest absolute Gasteiger partial charge is 0.236 e. The Morgan fingerprint density at radius 3 is 2.19 bits per heavy atom. The fraction of sp³-hybridized carbons (Fsp3) is 0.895. The number of guanidine groups is 1. The summed E-state index contributed by atoms with van der Waals surface area (Å²) in [6.45, 7) is 10.9. The van der Waals surface area contributed by atoms with Crippen molar-refractivity contribution in [2.45, 2.75) is 32.6 Å². The maximum Gasteiger partial charge on any atom is 0.236 e. The predicted octanol–water partition coefficient (Wildman–Crippen LogP) is 0.619. The summed E-state index contributed by atoms with van der Waals surface area (Å²) in [5, 5.41) is 3.50. The molecule has 3 heterocycles. The number of hydrogen-bond acceptors (Lipinski definition) is 4. The Labute approximate surface area is 157 Å². The normalized spacial score (nSPS) is 24.8. The van der Waals surface area contributed by atoms with Crippen molar-refractivity contribution >= 4 is 11.9 Å². The van der Waals surface area contributed by atoms with Crippen LogP contribution in [0.4, 0.5) is 0 Å². The molecule has 3 aliphatic rings. The molecular weight excluding hydrogens is 330 g/mol. The van der Waals surface area contributed by atoms with E-state index < -0.39 is 0 Å². The SMILES string of the molecule is CN=C(NCC1(C)COC1)N1CCN(CC(=O)N2CCCCCC2)CC1. The van der Waals surface area contributed by atoms with Crippen molar-refractivity contribution in [1.29, 1.82) is 0 Å². The molecule has 3 fully saturated rings. The summed E-state index contributed by atoms with van der Waals surface area (Å²) < 4.78 is 5.32. The van der Waals surface area contributed by atoms with Crippen molar-refractivity contribution in [3.8, 4) is 0 Å². The number of amides is 1. The van der Waals surface area contributed by atoms with Crippen molar-refractivity contribution in [2.75, 3.05) is 72.6 Å². The van der Waals surface area contributed by atoms with Gasteiger partial charge in [0.2, 0.25) is 5.91 Å². The van der Waals surface area contributed by atoms with Gasteiger partial charge in [0.1, 0.15) is 0 Å². The summed E-state index contributed by atoms with van der Waals surface area (Å²) in [6, 6.07) is 0. The zero-order chi connectivity index (χ0) is 18.4. The standard InChI is InChI=1S/C19H35N5O2/c1-19(15-26-16-19)14-21-18(20-2)24-11-9-22(10-12-24)13-17(25)23-7-5-3-4-6-8-23/h3-16H2,1-2H3,(H,20,21). The Balaban J connectivity index is 1.40. The molecule has 1 N–H and O–H groups in total. The van der Waals surface area contributed by atoms with Crippen LogP contribution in [-0.2, 0) is 9.53 Å². The van der Waals surface area contributed by atoms with E-state index in [2.05, 4.69) is 31.9 Å². The maximum absolute atomic E-state index is 12.6. The fourth-order valence-electron chi connectivity index (χ4n) is 3.91. The van der Waals surface area contributed by atoms with Gasteiger partial charge in [-0.25, -0.2) is 0 Å². The summed E-state index contributed by atoms with van der Waals surface area (Å²) in [4.78, 5) is 23.7. The van der Waals surface area contributed by atoms with Crippen LogP contribution in [0.2, 0.25) is 0 Å². The van der Waals surface area contributed by atoms with Crippen LogP contribution < -0.4 is 5.32 Å². The van der Waals surface area contributed by atoms with Crippen molar-refractivity contribution in [3.63, 3.8) is 0 Å². The Morgan fingerprint density at radius 1 is 1.00 bits per heavy atom. The number of nitrogens with one attached hydrogen (secondary N) is 1. The highest BCUT2D eigenvalue weighted by Gasteiger charge is 2.34. The lowest BCUT2D eigenvalue weighted by atomic mass is 9.89. The third kappa shape index (κ3) is 5.10. The highest BCUT2D eigenvalue weighted by Crippen LogP contribution is 2.25. The quantitative estimate of drug-likeness (QED) is 0.585. The van der Waals surface area contributed by atoms with Gasteiger partial charge >= 0.3 is 0 Å². The summed E-state index contributed by atoms with van der Waals surface area (Å²) in [5.74, 6) is 1.28. The first-order valence-corrected chi connectivity index (χ1v) is 10.1. The van der Waals surface area contributed by atoms with Gasteiger partial charge in [0.05, 0.1) is 19.8 Å². The van der Waals surface area contributed by atoms with Crippen LogP contribution in [0.1, 0.15) is 32.6 Å². The van der Waals surface area contributed by atoms with Crippen LogP contribution in [0, 0.1) is 5.41 Å². The van der Waals surface area contributed by atoms with E-state index in [9.17, 15) is 4.79 Å². The average Bonchev–Trinajstić information content (AvgIpc) is 2.91. The molecule has 7 nitrogen and oxygen atoms in total. The minimum Gasteiger partial charge on any atom is -0.380 e. The van der Waals surface area contributed by atoms with Gasteiger partial charge in [-0.2, -0.15) is 0 Å². The molecule has 0 spiro atoms.